The molecular formula is C48H30N4. The summed E-state index contributed by atoms with van der Waals surface area (Å²) >= 11 is 0. The van der Waals surface area contributed by atoms with E-state index in [1.165, 1.54) is 21.5 Å². The van der Waals surface area contributed by atoms with Gasteiger partial charge in [0, 0.05) is 28.3 Å². The van der Waals surface area contributed by atoms with Crippen molar-refractivity contribution in [2.24, 2.45) is 0 Å². The van der Waals surface area contributed by atoms with E-state index < -0.39 is 0 Å². The van der Waals surface area contributed by atoms with Crippen LogP contribution in [-0.2, 0) is 0 Å². The van der Waals surface area contributed by atoms with Crippen molar-refractivity contribution in [3.05, 3.63) is 182 Å². The van der Waals surface area contributed by atoms with Crippen molar-refractivity contribution in [1.29, 1.82) is 0 Å². The third-order valence-corrected chi connectivity index (χ3v) is 9.96. The van der Waals surface area contributed by atoms with E-state index in [4.69, 9.17) is 19.9 Å². The highest BCUT2D eigenvalue weighted by Gasteiger charge is 2.19. The normalized spacial score (nSPS) is 11.5. The largest absolute Gasteiger partial charge is 0.255 e. The molecule has 2 aromatic heterocycles. The van der Waals surface area contributed by atoms with Crippen molar-refractivity contribution < 1.29 is 0 Å². The van der Waals surface area contributed by atoms with Gasteiger partial charge in [0.1, 0.15) is 0 Å². The minimum absolute atomic E-state index is 0.584. The predicted octanol–water partition coefficient (Wildman–Crippen LogP) is 12.2. The quantitative estimate of drug-likeness (QED) is 0.172. The molecule has 0 radical (unpaired) electrons. The molecule has 0 aliphatic rings. The highest BCUT2D eigenvalue weighted by atomic mass is 15.0. The van der Waals surface area contributed by atoms with E-state index in [0.717, 1.165) is 60.6 Å². The van der Waals surface area contributed by atoms with Crippen LogP contribution in [0.4, 0.5) is 0 Å². The SMILES string of the molecule is c1ccc(-c2nc(-c3ccc(-c4ccccc4)c(-c4cccc5ccccc45)c3)nc(-c3cc4c5ccccc5ccc4c4cccnc34)n2)cc1. The highest BCUT2D eigenvalue weighted by Crippen LogP contribution is 2.40. The van der Waals surface area contributed by atoms with Crippen LogP contribution in [-0.4, -0.2) is 19.9 Å². The van der Waals surface area contributed by atoms with Crippen LogP contribution in [0.3, 0.4) is 0 Å². The second-order valence-electron chi connectivity index (χ2n) is 13.0. The number of pyridine rings is 1. The number of nitrogens with zero attached hydrogens (tertiary/aromatic N) is 4. The number of hydrogen-bond donors (Lipinski definition) is 0. The van der Waals surface area contributed by atoms with E-state index >= 15 is 0 Å². The molecule has 8 aromatic carbocycles. The molecule has 4 nitrogen and oxygen atoms in total. The molecule has 4 heteroatoms. The lowest BCUT2D eigenvalue weighted by molar-refractivity contribution is 1.08. The Balaban J connectivity index is 1.25. The van der Waals surface area contributed by atoms with E-state index in [1.54, 1.807) is 0 Å². The van der Waals surface area contributed by atoms with Gasteiger partial charge in [-0.2, -0.15) is 0 Å². The molecule has 0 bridgehead atoms. The molecule has 0 fully saturated rings. The zero-order valence-electron chi connectivity index (χ0n) is 28.1. The summed E-state index contributed by atoms with van der Waals surface area (Å²) in [6, 6.07) is 61.6. The number of hydrogen-bond acceptors (Lipinski definition) is 4. The van der Waals surface area contributed by atoms with E-state index in [-0.39, 0.29) is 0 Å². The van der Waals surface area contributed by atoms with Gasteiger partial charge in [0.05, 0.1) is 5.52 Å². The van der Waals surface area contributed by atoms with Crippen LogP contribution in [0.2, 0.25) is 0 Å². The number of rotatable bonds is 5. The van der Waals surface area contributed by atoms with Gasteiger partial charge in [-0.25, -0.2) is 15.0 Å². The number of aromatic nitrogens is 4. The van der Waals surface area contributed by atoms with Gasteiger partial charge in [0.15, 0.2) is 17.5 Å². The fourth-order valence-corrected chi connectivity index (χ4v) is 7.48. The van der Waals surface area contributed by atoms with Crippen molar-refractivity contribution >= 4 is 43.2 Å². The molecule has 0 aliphatic carbocycles. The Morgan fingerprint density at radius 2 is 0.923 bits per heavy atom. The van der Waals surface area contributed by atoms with Gasteiger partial charge < -0.3 is 0 Å². The van der Waals surface area contributed by atoms with Crippen molar-refractivity contribution in [1.82, 2.24) is 19.9 Å². The van der Waals surface area contributed by atoms with Crippen molar-refractivity contribution in [3.8, 4) is 56.4 Å². The molecule has 0 aliphatic heterocycles. The molecule has 52 heavy (non-hydrogen) atoms. The summed E-state index contributed by atoms with van der Waals surface area (Å²) < 4.78 is 0. The summed E-state index contributed by atoms with van der Waals surface area (Å²) in [6.45, 7) is 0. The molecule has 0 unspecified atom stereocenters. The topological polar surface area (TPSA) is 51.6 Å². The van der Waals surface area contributed by atoms with E-state index in [2.05, 4.69) is 140 Å². The fourth-order valence-electron chi connectivity index (χ4n) is 7.48. The second kappa shape index (κ2) is 12.4. The summed E-state index contributed by atoms with van der Waals surface area (Å²) in [5.41, 5.74) is 8.14. The molecule has 0 saturated carbocycles. The third-order valence-electron chi connectivity index (χ3n) is 9.96. The van der Waals surface area contributed by atoms with Crippen LogP contribution in [0.15, 0.2) is 182 Å². The van der Waals surface area contributed by atoms with Gasteiger partial charge >= 0.3 is 0 Å². The van der Waals surface area contributed by atoms with E-state index in [9.17, 15) is 0 Å². The van der Waals surface area contributed by atoms with Crippen molar-refractivity contribution in [2.75, 3.05) is 0 Å². The van der Waals surface area contributed by atoms with E-state index in [0.29, 0.717) is 17.5 Å². The average molecular weight is 663 g/mol. The summed E-state index contributed by atoms with van der Waals surface area (Å²) in [6.07, 6.45) is 1.84. The standard InChI is InChI=1S/C48H30N4/c1-3-13-31(14-4-1)38-26-25-35(29-42(38)39-22-11-19-32-15-7-9-20-36(32)39)47-50-46(34-17-5-2-6-18-34)51-48(52-47)44-30-43-37-21-10-8-16-33(37)24-27-40(43)41-23-12-28-49-45(41)44/h1-30H. The Morgan fingerprint density at radius 1 is 0.288 bits per heavy atom. The zero-order chi connectivity index (χ0) is 34.4. The van der Waals surface area contributed by atoms with Crippen molar-refractivity contribution in [3.63, 3.8) is 0 Å². The Hall–Kier alpha value is -7.04. The molecule has 0 amide bonds. The molecule has 0 spiro atoms. The van der Waals surface area contributed by atoms with Crippen molar-refractivity contribution in [2.45, 2.75) is 0 Å². The maximum absolute atomic E-state index is 5.27. The highest BCUT2D eigenvalue weighted by molar-refractivity contribution is 6.19. The Morgan fingerprint density at radius 3 is 1.73 bits per heavy atom. The van der Waals surface area contributed by atoms with Crippen LogP contribution in [0.5, 0.6) is 0 Å². The van der Waals surface area contributed by atoms with Gasteiger partial charge in [-0.1, -0.05) is 158 Å². The fraction of sp³-hybridized carbons (Fsp3) is 0. The lowest BCUT2D eigenvalue weighted by Crippen LogP contribution is -2.01. The zero-order valence-corrected chi connectivity index (χ0v) is 28.1. The molecule has 242 valence electrons. The molecule has 10 rings (SSSR count). The van der Waals surface area contributed by atoms with Gasteiger partial charge in [0.2, 0.25) is 0 Å². The lowest BCUT2D eigenvalue weighted by atomic mass is 9.90. The summed E-state index contributed by atoms with van der Waals surface area (Å²) in [7, 11) is 0. The van der Waals surface area contributed by atoms with Crippen LogP contribution in [0.1, 0.15) is 0 Å². The van der Waals surface area contributed by atoms with Crippen LogP contribution < -0.4 is 0 Å². The molecule has 2 heterocycles. The minimum Gasteiger partial charge on any atom is -0.255 e. The Bertz CT molecular complexity index is 2950. The smallest absolute Gasteiger partial charge is 0.166 e. The maximum Gasteiger partial charge on any atom is 0.166 e. The molecule has 0 saturated heterocycles. The molecule has 10 aromatic rings. The molecule has 0 atom stereocenters. The van der Waals surface area contributed by atoms with Gasteiger partial charge in [-0.05, 0) is 72.8 Å². The first kappa shape index (κ1) is 29.8. The number of benzene rings is 8. The monoisotopic (exact) mass is 662 g/mol. The summed E-state index contributed by atoms with van der Waals surface area (Å²) in [5, 5.41) is 8.12. The van der Waals surface area contributed by atoms with Gasteiger partial charge in [-0.3, -0.25) is 4.98 Å². The van der Waals surface area contributed by atoms with Crippen LogP contribution in [0.25, 0.3) is 99.6 Å². The third kappa shape index (κ3) is 5.09. The lowest BCUT2D eigenvalue weighted by Gasteiger charge is -2.16. The second-order valence-corrected chi connectivity index (χ2v) is 13.0. The minimum atomic E-state index is 0.584. The number of fused-ring (bicyclic) bond motifs is 6. The first-order valence-corrected chi connectivity index (χ1v) is 17.5. The summed E-state index contributed by atoms with van der Waals surface area (Å²) in [5.74, 6) is 1.80. The van der Waals surface area contributed by atoms with Gasteiger partial charge in [0.25, 0.3) is 0 Å². The Kier molecular flexibility index (Phi) is 7.10. The average Bonchev–Trinajstić information content (AvgIpc) is 3.23. The van der Waals surface area contributed by atoms with Gasteiger partial charge in [-0.15, -0.1) is 0 Å². The first-order valence-electron chi connectivity index (χ1n) is 17.5. The summed E-state index contributed by atoms with van der Waals surface area (Å²) in [4.78, 5) is 20.5. The van der Waals surface area contributed by atoms with Crippen LogP contribution >= 0.6 is 0 Å². The van der Waals surface area contributed by atoms with Crippen LogP contribution in [0, 0.1) is 0 Å². The molecule has 0 N–H and O–H groups in total. The first-order chi connectivity index (χ1) is 25.8. The maximum atomic E-state index is 5.27. The Labute approximate surface area is 300 Å². The predicted molar refractivity (Wildman–Crippen MR) is 215 cm³/mol. The van der Waals surface area contributed by atoms with E-state index in [1.807, 2.05) is 42.6 Å². The molecular weight excluding hydrogens is 633 g/mol.